The number of amides is 1. The number of nitrogens with one attached hydrogen (secondary N) is 1. The standard InChI is InChI=1S/C15H20N4O6S2/c1-17(27(2,23)24)16-8-12-7-13(26)9-18(12)15(20)25-10-11-5-3-4-6-14(11)19(21)22/h3-6,8,13,16,26H,7,9-10H2,1-2H3/t13-/m0/s1. The third-order valence-corrected chi connectivity index (χ3v) is 5.30. The number of nitro benzene ring substituents is 1. The summed E-state index contributed by atoms with van der Waals surface area (Å²) < 4.78 is 29.0. The average molecular weight is 416 g/mol. The first-order valence-corrected chi connectivity index (χ1v) is 10.2. The number of rotatable bonds is 6. The number of hydrazine groups is 1. The molecule has 148 valence electrons. The molecule has 0 unspecified atom stereocenters. The van der Waals surface area contributed by atoms with E-state index in [0.29, 0.717) is 12.1 Å². The fraction of sp³-hybridized carbons (Fsp3) is 0.400. The Morgan fingerprint density at radius 1 is 1.52 bits per heavy atom. The number of nitro groups is 1. The Balaban J connectivity index is 2.07. The summed E-state index contributed by atoms with van der Waals surface area (Å²) in [5, 5.41) is 10.9. The second kappa shape index (κ2) is 8.59. The molecule has 0 aromatic heterocycles. The van der Waals surface area contributed by atoms with Crippen molar-refractivity contribution in [3.05, 3.63) is 51.8 Å². The van der Waals surface area contributed by atoms with Gasteiger partial charge in [-0.15, -0.1) is 4.41 Å². The molecule has 0 aliphatic carbocycles. The maximum absolute atomic E-state index is 12.4. The maximum atomic E-state index is 12.4. The molecule has 1 aromatic rings. The topological polar surface area (TPSA) is 122 Å². The fourth-order valence-corrected chi connectivity index (χ4v) is 2.96. The second-order valence-electron chi connectivity index (χ2n) is 5.90. The number of nitrogens with zero attached hydrogens (tertiary/aromatic N) is 3. The minimum atomic E-state index is -3.44. The zero-order valence-electron chi connectivity index (χ0n) is 14.7. The molecule has 1 aliphatic rings. The van der Waals surface area contributed by atoms with Gasteiger partial charge >= 0.3 is 6.09 Å². The van der Waals surface area contributed by atoms with Crippen molar-refractivity contribution < 1.29 is 22.9 Å². The van der Waals surface area contributed by atoms with Gasteiger partial charge in [-0.2, -0.15) is 12.6 Å². The predicted molar refractivity (Wildman–Crippen MR) is 101 cm³/mol. The second-order valence-corrected chi connectivity index (χ2v) is 8.65. The number of carbonyl (C=O) groups excluding carboxylic acids is 1. The predicted octanol–water partition coefficient (Wildman–Crippen LogP) is 1.47. The van der Waals surface area contributed by atoms with Crippen molar-refractivity contribution in [3.8, 4) is 0 Å². The van der Waals surface area contributed by atoms with Gasteiger partial charge in [0.2, 0.25) is 10.0 Å². The third kappa shape index (κ3) is 5.58. The van der Waals surface area contributed by atoms with Gasteiger partial charge in [-0.1, -0.05) is 12.1 Å². The zero-order chi connectivity index (χ0) is 20.2. The van der Waals surface area contributed by atoms with Crippen LogP contribution in [-0.2, 0) is 21.4 Å². The molecule has 1 aliphatic heterocycles. The van der Waals surface area contributed by atoms with Crippen molar-refractivity contribution in [1.82, 2.24) is 14.7 Å². The highest BCUT2D eigenvalue weighted by Gasteiger charge is 2.30. The van der Waals surface area contributed by atoms with Crippen LogP contribution in [0.3, 0.4) is 0 Å². The first-order valence-electron chi connectivity index (χ1n) is 7.83. The van der Waals surface area contributed by atoms with E-state index in [9.17, 15) is 23.3 Å². The Hall–Kier alpha value is -2.31. The van der Waals surface area contributed by atoms with Crippen LogP contribution in [-0.4, -0.2) is 53.8 Å². The molecule has 1 saturated heterocycles. The molecule has 1 N–H and O–H groups in total. The van der Waals surface area contributed by atoms with Crippen LogP contribution in [0, 0.1) is 10.1 Å². The lowest BCUT2D eigenvalue weighted by atomic mass is 10.2. The van der Waals surface area contributed by atoms with Crippen molar-refractivity contribution in [2.45, 2.75) is 18.3 Å². The number of sulfonamides is 1. The lowest BCUT2D eigenvalue weighted by Crippen LogP contribution is -2.36. The van der Waals surface area contributed by atoms with Crippen molar-refractivity contribution in [2.75, 3.05) is 19.8 Å². The number of ether oxygens (including phenoxy) is 1. The Kier molecular flexibility index (Phi) is 6.68. The van der Waals surface area contributed by atoms with Gasteiger partial charge in [0.05, 0.1) is 16.7 Å². The molecule has 0 radical (unpaired) electrons. The van der Waals surface area contributed by atoms with Crippen LogP contribution in [0.5, 0.6) is 0 Å². The molecule has 1 atom stereocenters. The van der Waals surface area contributed by atoms with E-state index in [2.05, 4.69) is 18.1 Å². The number of carbonyl (C=O) groups is 1. The van der Waals surface area contributed by atoms with Gasteiger partial charge in [0.25, 0.3) is 5.69 Å². The van der Waals surface area contributed by atoms with Crippen molar-refractivity contribution >= 4 is 34.4 Å². The van der Waals surface area contributed by atoms with Crippen molar-refractivity contribution in [3.63, 3.8) is 0 Å². The van der Waals surface area contributed by atoms with Crippen molar-refractivity contribution in [2.24, 2.45) is 0 Å². The van der Waals surface area contributed by atoms with E-state index in [1.807, 2.05) is 0 Å². The maximum Gasteiger partial charge on any atom is 0.414 e. The molecule has 1 fully saturated rings. The number of thiol groups is 1. The van der Waals surface area contributed by atoms with Gasteiger partial charge in [-0.05, 0) is 6.07 Å². The number of hydrogen-bond donors (Lipinski definition) is 2. The van der Waals surface area contributed by atoms with Crippen LogP contribution < -0.4 is 5.43 Å². The minimum Gasteiger partial charge on any atom is -0.444 e. The lowest BCUT2D eigenvalue weighted by Gasteiger charge is -2.19. The largest absolute Gasteiger partial charge is 0.444 e. The zero-order valence-corrected chi connectivity index (χ0v) is 16.4. The van der Waals surface area contributed by atoms with E-state index in [1.54, 1.807) is 6.07 Å². The normalized spacial score (nSPS) is 18.7. The Morgan fingerprint density at radius 3 is 2.81 bits per heavy atom. The van der Waals surface area contributed by atoms with E-state index < -0.39 is 21.0 Å². The molecule has 12 heteroatoms. The van der Waals surface area contributed by atoms with Crippen LogP contribution in [0.2, 0.25) is 0 Å². The van der Waals surface area contributed by atoms with Crippen LogP contribution >= 0.6 is 12.6 Å². The summed E-state index contributed by atoms with van der Waals surface area (Å²) in [7, 11) is -2.11. The lowest BCUT2D eigenvalue weighted by molar-refractivity contribution is -0.385. The number of allylic oxidation sites excluding steroid dienone is 1. The molecule has 1 heterocycles. The Morgan fingerprint density at radius 2 is 2.19 bits per heavy atom. The molecule has 0 bridgehead atoms. The minimum absolute atomic E-state index is 0.133. The van der Waals surface area contributed by atoms with E-state index in [0.717, 1.165) is 10.7 Å². The first-order chi connectivity index (χ1) is 12.6. The summed E-state index contributed by atoms with van der Waals surface area (Å²) in [6.45, 7) is 0.0165. The molecular formula is C15H20N4O6S2. The van der Waals surface area contributed by atoms with Crippen LogP contribution in [0.1, 0.15) is 12.0 Å². The van der Waals surface area contributed by atoms with Crippen molar-refractivity contribution in [1.29, 1.82) is 0 Å². The molecule has 1 amide bonds. The highest BCUT2D eigenvalue weighted by Crippen LogP contribution is 2.26. The summed E-state index contributed by atoms with van der Waals surface area (Å²) in [5.74, 6) is 0. The molecular weight excluding hydrogens is 396 g/mol. The third-order valence-electron chi connectivity index (χ3n) is 3.86. The average Bonchev–Trinajstić information content (AvgIpc) is 2.97. The summed E-state index contributed by atoms with van der Waals surface area (Å²) in [4.78, 5) is 24.2. The number of para-hydroxylation sites is 1. The summed E-state index contributed by atoms with van der Waals surface area (Å²) in [5.41, 5.74) is 3.22. The van der Waals surface area contributed by atoms with Crippen LogP contribution in [0.25, 0.3) is 0 Å². The quantitative estimate of drug-likeness (QED) is 0.409. The van der Waals surface area contributed by atoms with E-state index in [-0.39, 0.29) is 29.7 Å². The van der Waals surface area contributed by atoms with Gasteiger partial charge in [0.15, 0.2) is 0 Å². The highest BCUT2D eigenvalue weighted by atomic mass is 32.2. The number of hydrogen-bond acceptors (Lipinski definition) is 8. The monoisotopic (exact) mass is 416 g/mol. The van der Waals surface area contributed by atoms with Gasteiger partial charge in [-0.25, -0.2) is 13.2 Å². The Bertz CT molecular complexity index is 858. The van der Waals surface area contributed by atoms with Gasteiger partial charge < -0.3 is 10.2 Å². The van der Waals surface area contributed by atoms with Gasteiger partial charge in [0.1, 0.15) is 6.61 Å². The summed E-state index contributed by atoms with van der Waals surface area (Å²) >= 11 is 4.35. The van der Waals surface area contributed by atoms with Crippen LogP contribution in [0.15, 0.2) is 36.2 Å². The first kappa shape index (κ1) is 21.0. The Labute approximate surface area is 162 Å². The number of benzene rings is 1. The van der Waals surface area contributed by atoms with Crippen LogP contribution in [0.4, 0.5) is 10.5 Å². The number of likely N-dealkylation sites (tertiary alicyclic amines) is 1. The highest BCUT2D eigenvalue weighted by molar-refractivity contribution is 7.88. The molecule has 0 saturated carbocycles. The molecule has 10 nitrogen and oxygen atoms in total. The smallest absolute Gasteiger partial charge is 0.414 e. The summed E-state index contributed by atoms with van der Waals surface area (Å²) in [6, 6.07) is 5.99. The van der Waals surface area contributed by atoms with E-state index in [4.69, 9.17) is 4.74 Å². The van der Waals surface area contributed by atoms with E-state index >= 15 is 0 Å². The fourth-order valence-electron chi connectivity index (χ4n) is 2.36. The van der Waals surface area contributed by atoms with E-state index in [1.165, 1.54) is 36.3 Å². The van der Waals surface area contributed by atoms with Gasteiger partial charge in [0, 0.05) is 43.2 Å². The molecule has 27 heavy (non-hydrogen) atoms. The molecule has 0 spiro atoms. The molecule has 2 rings (SSSR count). The van der Waals surface area contributed by atoms with Gasteiger partial charge in [-0.3, -0.25) is 15.0 Å². The summed E-state index contributed by atoms with van der Waals surface area (Å²) in [6.07, 6.45) is 2.16. The molecule has 1 aromatic carbocycles. The SMILES string of the molecule is CN(NC=C1C[C@H](S)CN1C(=O)OCc1ccccc1[N+](=O)[O-])S(C)(=O)=O.